The molecule has 1 aromatic rings. The van der Waals surface area contributed by atoms with E-state index in [1.54, 1.807) is 4.90 Å². The second kappa shape index (κ2) is 9.51. The number of aryl methyl sites for hydroxylation is 1. The van der Waals surface area contributed by atoms with Gasteiger partial charge in [0, 0.05) is 45.5 Å². The summed E-state index contributed by atoms with van der Waals surface area (Å²) in [5, 5.41) is 6.99. The standard InChI is InChI=1S/C23H37N5O/c1-5-24-22(25-17-23(13-6-7-14-23)21(29)27(3)4)26-19-12-15-28(16-19)20-10-8-18(2)9-11-20/h8-11,19H,5-7,12-17H2,1-4H3,(H2,24,25,26). The molecule has 6 heteroatoms. The summed E-state index contributed by atoms with van der Waals surface area (Å²) in [6.45, 7) is 7.59. The van der Waals surface area contributed by atoms with Crippen LogP contribution in [-0.4, -0.2) is 63.1 Å². The monoisotopic (exact) mass is 399 g/mol. The number of carbonyl (C=O) groups excluding carboxylic acids is 1. The summed E-state index contributed by atoms with van der Waals surface area (Å²) in [7, 11) is 3.71. The molecule has 29 heavy (non-hydrogen) atoms. The Morgan fingerprint density at radius 2 is 1.93 bits per heavy atom. The Hall–Kier alpha value is -2.24. The van der Waals surface area contributed by atoms with Crippen molar-refractivity contribution in [2.45, 2.75) is 52.0 Å². The van der Waals surface area contributed by atoms with Crippen molar-refractivity contribution in [3.63, 3.8) is 0 Å². The molecule has 0 bridgehead atoms. The zero-order valence-corrected chi connectivity index (χ0v) is 18.5. The minimum atomic E-state index is -0.324. The van der Waals surface area contributed by atoms with Crippen LogP contribution in [-0.2, 0) is 4.79 Å². The third kappa shape index (κ3) is 5.22. The topological polar surface area (TPSA) is 60.0 Å². The number of benzene rings is 1. The predicted octanol–water partition coefficient (Wildman–Crippen LogP) is 2.78. The van der Waals surface area contributed by atoms with Crippen LogP contribution in [0.3, 0.4) is 0 Å². The van der Waals surface area contributed by atoms with Crippen molar-refractivity contribution in [3.05, 3.63) is 29.8 Å². The van der Waals surface area contributed by atoms with Gasteiger partial charge in [0.05, 0.1) is 12.0 Å². The molecule has 6 nitrogen and oxygen atoms in total. The van der Waals surface area contributed by atoms with Crippen molar-refractivity contribution in [1.29, 1.82) is 0 Å². The molecule has 2 aliphatic rings. The molecule has 1 unspecified atom stereocenters. The molecule has 1 saturated heterocycles. The summed E-state index contributed by atoms with van der Waals surface area (Å²) < 4.78 is 0. The van der Waals surface area contributed by atoms with Gasteiger partial charge in [0.25, 0.3) is 0 Å². The fourth-order valence-electron chi connectivity index (χ4n) is 4.58. The minimum Gasteiger partial charge on any atom is -0.369 e. The number of rotatable bonds is 6. The number of hydrogen-bond acceptors (Lipinski definition) is 3. The number of amides is 1. The molecule has 1 aliphatic carbocycles. The number of aliphatic imine (C=N–C) groups is 1. The zero-order chi connectivity index (χ0) is 20.9. The van der Waals surface area contributed by atoms with Crippen molar-refractivity contribution < 1.29 is 4.79 Å². The lowest BCUT2D eigenvalue weighted by Gasteiger charge is -2.29. The third-order valence-corrected chi connectivity index (χ3v) is 6.23. The molecular formula is C23H37N5O. The molecule has 2 N–H and O–H groups in total. The lowest BCUT2D eigenvalue weighted by atomic mass is 9.85. The van der Waals surface area contributed by atoms with E-state index in [9.17, 15) is 4.79 Å². The molecule has 2 fully saturated rings. The first kappa shape index (κ1) is 21.5. The van der Waals surface area contributed by atoms with Crippen molar-refractivity contribution in [2.24, 2.45) is 10.4 Å². The maximum Gasteiger partial charge on any atom is 0.230 e. The number of nitrogens with one attached hydrogen (secondary N) is 2. The number of carbonyl (C=O) groups is 1. The van der Waals surface area contributed by atoms with Crippen molar-refractivity contribution in [3.8, 4) is 0 Å². The smallest absolute Gasteiger partial charge is 0.230 e. The average molecular weight is 400 g/mol. The van der Waals surface area contributed by atoms with Crippen LogP contribution in [0.1, 0.15) is 44.6 Å². The molecule has 1 atom stereocenters. The Labute approximate surface area is 175 Å². The first-order valence-electron chi connectivity index (χ1n) is 11.0. The Morgan fingerprint density at radius 3 is 2.55 bits per heavy atom. The van der Waals surface area contributed by atoms with Gasteiger partial charge >= 0.3 is 0 Å². The van der Waals surface area contributed by atoms with E-state index in [1.807, 2.05) is 14.1 Å². The number of nitrogens with zero attached hydrogens (tertiary/aromatic N) is 3. The van der Waals surface area contributed by atoms with Gasteiger partial charge in [-0.15, -0.1) is 0 Å². The Morgan fingerprint density at radius 1 is 1.24 bits per heavy atom. The molecule has 1 aliphatic heterocycles. The van der Waals surface area contributed by atoms with E-state index < -0.39 is 0 Å². The molecular weight excluding hydrogens is 362 g/mol. The first-order valence-corrected chi connectivity index (χ1v) is 11.0. The van der Waals surface area contributed by atoms with E-state index in [2.05, 4.69) is 53.6 Å². The van der Waals surface area contributed by atoms with Crippen LogP contribution in [0.15, 0.2) is 29.3 Å². The molecule has 3 rings (SSSR count). The normalized spacial score (nSPS) is 21.3. The van der Waals surface area contributed by atoms with Gasteiger partial charge < -0.3 is 20.4 Å². The maximum atomic E-state index is 12.8. The second-order valence-corrected chi connectivity index (χ2v) is 8.79. The van der Waals surface area contributed by atoms with Crippen LogP contribution < -0.4 is 15.5 Å². The van der Waals surface area contributed by atoms with Gasteiger partial charge in [0.2, 0.25) is 5.91 Å². The predicted molar refractivity (Wildman–Crippen MR) is 121 cm³/mol. The molecule has 1 saturated carbocycles. The molecule has 0 radical (unpaired) electrons. The van der Waals surface area contributed by atoms with E-state index in [4.69, 9.17) is 4.99 Å². The van der Waals surface area contributed by atoms with E-state index in [1.165, 1.54) is 11.3 Å². The van der Waals surface area contributed by atoms with Gasteiger partial charge in [-0.2, -0.15) is 0 Å². The van der Waals surface area contributed by atoms with Crippen LogP contribution in [0.2, 0.25) is 0 Å². The quantitative estimate of drug-likeness (QED) is 0.570. The zero-order valence-electron chi connectivity index (χ0n) is 18.5. The lowest BCUT2D eigenvalue weighted by Crippen LogP contribution is -2.46. The third-order valence-electron chi connectivity index (χ3n) is 6.23. The second-order valence-electron chi connectivity index (χ2n) is 8.79. The molecule has 1 amide bonds. The van der Waals surface area contributed by atoms with Gasteiger partial charge in [-0.1, -0.05) is 30.5 Å². The molecule has 160 valence electrons. The van der Waals surface area contributed by atoms with Crippen LogP contribution in [0.4, 0.5) is 5.69 Å². The Kier molecular flexibility index (Phi) is 7.04. The van der Waals surface area contributed by atoms with Gasteiger partial charge in [0.15, 0.2) is 5.96 Å². The first-order chi connectivity index (χ1) is 13.9. The van der Waals surface area contributed by atoms with Gasteiger partial charge in [-0.05, 0) is 45.2 Å². The highest BCUT2D eigenvalue weighted by molar-refractivity contribution is 5.84. The van der Waals surface area contributed by atoms with E-state index in [0.717, 1.165) is 57.7 Å². The fraction of sp³-hybridized carbons (Fsp3) is 0.652. The summed E-state index contributed by atoms with van der Waals surface area (Å²) in [5.74, 6) is 1.06. The lowest BCUT2D eigenvalue weighted by molar-refractivity contribution is -0.138. The van der Waals surface area contributed by atoms with Gasteiger partial charge in [-0.25, -0.2) is 0 Å². The van der Waals surface area contributed by atoms with Crippen molar-refractivity contribution in [1.82, 2.24) is 15.5 Å². The molecule has 0 aromatic heterocycles. The largest absolute Gasteiger partial charge is 0.369 e. The van der Waals surface area contributed by atoms with Crippen molar-refractivity contribution in [2.75, 3.05) is 45.2 Å². The van der Waals surface area contributed by atoms with Crippen LogP contribution in [0, 0.1) is 12.3 Å². The molecule has 1 aromatic carbocycles. The highest BCUT2D eigenvalue weighted by Gasteiger charge is 2.42. The Balaban J connectivity index is 1.63. The SMILES string of the molecule is CCNC(=NCC1(C(=O)N(C)C)CCCC1)NC1CCN(c2ccc(C)cc2)C1. The van der Waals surface area contributed by atoms with E-state index in [0.29, 0.717) is 12.6 Å². The van der Waals surface area contributed by atoms with Gasteiger partial charge in [-0.3, -0.25) is 9.79 Å². The van der Waals surface area contributed by atoms with Crippen molar-refractivity contribution >= 4 is 17.6 Å². The van der Waals surface area contributed by atoms with Crippen LogP contribution in [0.5, 0.6) is 0 Å². The highest BCUT2D eigenvalue weighted by Crippen LogP contribution is 2.39. The van der Waals surface area contributed by atoms with E-state index in [-0.39, 0.29) is 11.3 Å². The summed E-state index contributed by atoms with van der Waals surface area (Å²) >= 11 is 0. The van der Waals surface area contributed by atoms with Crippen LogP contribution >= 0.6 is 0 Å². The molecule has 1 heterocycles. The van der Waals surface area contributed by atoms with E-state index >= 15 is 0 Å². The highest BCUT2D eigenvalue weighted by atomic mass is 16.2. The van der Waals surface area contributed by atoms with Gasteiger partial charge in [0.1, 0.15) is 0 Å². The molecule has 0 spiro atoms. The minimum absolute atomic E-state index is 0.223. The summed E-state index contributed by atoms with van der Waals surface area (Å²) in [6, 6.07) is 9.11. The van der Waals surface area contributed by atoms with Crippen LogP contribution in [0.25, 0.3) is 0 Å². The average Bonchev–Trinajstić information content (AvgIpc) is 3.37. The number of guanidine groups is 1. The summed E-state index contributed by atoms with van der Waals surface area (Å²) in [6.07, 6.45) is 5.20. The number of anilines is 1. The number of hydrogen-bond donors (Lipinski definition) is 2. The summed E-state index contributed by atoms with van der Waals surface area (Å²) in [4.78, 5) is 21.8. The Bertz CT molecular complexity index is 706. The summed E-state index contributed by atoms with van der Waals surface area (Å²) in [5.41, 5.74) is 2.25. The maximum absolute atomic E-state index is 12.8. The fourth-order valence-corrected chi connectivity index (χ4v) is 4.58.